The highest BCUT2D eigenvalue weighted by Gasteiger charge is 2.32. The van der Waals surface area contributed by atoms with Gasteiger partial charge in [-0.25, -0.2) is 14.3 Å². The van der Waals surface area contributed by atoms with Crippen LogP contribution in [0, 0.1) is 5.92 Å². The molecule has 7 nitrogen and oxygen atoms in total. The summed E-state index contributed by atoms with van der Waals surface area (Å²) < 4.78 is 29.1. The number of hydrogen-bond acceptors (Lipinski definition) is 6. The van der Waals surface area contributed by atoms with Gasteiger partial charge in [0.05, 0.1) is 0 Å². The highest BCUT2D eigenvalue weighted by atomic mass is 32.2. The highest BCUT2D eigenvalue weighted by Crippen LogP contribution is 2.29. The van der Waals surface area contributed by atoms with Crippen molar-refractivity contribution in [3.8, 4) is 0 Å². The Morgan fingerprint density at radius 1 is 1.43 bits per heavy atom. The predicted molar refractivity (Wildman–Crippen MR) is 82.7 cm³/mol. The highest BCUT2D eigenvalue weighted by molar-refractivity contribution is 7.89. The van der Waals surface area contributed by atoms with Gasteiger partial charge in [-0.1, -0.05) is 6.92 Å². The van der Waals surface area contributed by atoms with Gasteiger partial charge in [0.15, 0.2) is 10.8 Å². The molecule has 0 aliphatic carbocycles. The van der Waals surface area contributed by atoms with Crippen molar-refractivity contribution in [1.82, 2.24) is 13.7 Å². The van der Waals surface area contributed by atoms with Crippen LogP contribution in [0.5, 0.6) is 0 Å². The third-order valence-corrected chi connectivity index (χ3v) is 6.60. The van der Waals surface area contributed by atoms with Gasteiger partial charge in [0.25, 0.3) is 10.0 Å². The van der Waals surface area contributed by atoms with E-state index in [0.717, 1.165) is 19.3 Å². The molecular weight excluding hydrogens is 310 g/mol. The first-order chi connectivity index (χ1) is 10.0. The van der Waals surface area contributed by atoms with Crippen molar-refractivity contribution in [2.75, 3.05) is 18.5 Å². The SMILES string of the molecule is CC1CCCN(S(=O)(=O)c2c(NN)nc3sccn23)CC1. The number of aromatic nitrogens is 2. The smallest absolute Gasteiger partial charge is 0.262 e. The molecule has 1 aliphatic heterocycles. The van der Waals surface area contributed by atoms with E-state index >= 15 is 0 Å². The normalized spacial score (nSPS) is 21.5. The van der Waals surface area contributed by atoms with E-state index in [4.69, 9.17) is 5.84 Å². The van der Waals surface area contributed by atoms with Gasteiger partial charge < -0.3 is 5.43 Å². The first-order valence-corrected chi connectivity index (χ1v) is 9.28. The molecule has 0 aromatic carbocycles. The summed E-state index contributed by atoms with van der Waals surface area (Å²) >= 11 is 1.38. The Balaban J connectivity index is 2.05. The minimum Gasteiger partial charge on any atom is -0.306 e. The monoisotopic (exact) mass is 329 g/mol. The number of nitrogens with one attached hydrogen (secondary N) is 1. The molecule has 1 aliphatic rings. The molecule has 9 heteroatoms. The van der Waals surface area contributed by atoms with Crippen molar-refractivity contribution >= 4 is 32.1 Å². The van der Waals surface area contributed by atoms with Crippen molar-refractivity contribution in [3.63, 3.8) is 0 Å². The van der Waals surface area contributed by atoms with Crippen LogP contribution in [0.3, 0.4) is 0 Å². The molecule has 1 fully saturated rings. The Hall–Kier alpha value is -1.16. The van der Waals surface area contributed by atoms with Crippen LogP contribution in [0.2, 0.25) is 0 Å². The first kappa shape index (κ1) is 14.8. The van der Waals surface area contributed by atoms with Crippen LogP contribution in [0.25, 0.3) is 4.96 Å². The lowest BCUT2D eigenvalue weighted by atomic mass is 10.0. The summed E-state index contributed by atoms with van der Waals surface area (Å²) in [6.45, 7) is 3.26. The molecule has 21 heavy (non-hydrogen) atoms. The van der Waals surface area contributed by atoms with Crippen molar-refractivity contribution < 1.29 is 8.42 Å². The van der Waals surface area contributed by atoms with E-state index in [0.29, 0.717) is 24.0 Å². The van der Waals surface area contributed by atoms with Crippen molar-refractivity contribution in [2.24, 2.45) is 11.8 Å². The average Bonchev–Trinajstić information content (AvgIpc) is 2.94. The summed E-state index contributed by atoms with van der Waals surface area (Å²) in [7, 11) is -3.61. The molecule has 3 heterocycles. The van der Waals surface area contributed by atoms with Gasteiger partial charge in [0.2, 0.25) is 5.03 Å². The van der Waals surface area contributed by atoms with E-state index in [1.807, 2.05) is 5.38 Å². The van der Waals surface area contributed by atoms with Gasteiger partial charge in [0.1, 0.15) is 0 Å². The summed E-state index contributed by atoms with van der Waals surface area (Å²) in [5.74, 6) is 6.22. The largest absolute Gasteiger partial charge is 0.306 e. The number of hydrazine groups is 1. The van der Waals surface area contributed by atoms with Crippen LogP contribution in [0.4, 0.5) is 5.82 Å². The van der Waals surface area contributed by atoms with E-state index in [2.05, 4.69) is 17.3 Å². The Labute approximate surface area is 127 Å². The van der Waals surface area contributed by atoms with Crippen molar-refractivity contribution in [1.29, 1.82) is 0 Å². The number of fused-ring (bicyclic) bond motifs is 1. The lowest BCUT2D eigenvalue weighted by molar-refractivity contribution is 0.414. The Morgan fingerprint density at radius 3 is 3.00 bits per heavy atom. The van der Waals surface area contributed by atoms with Crippen LogP contribution in [-0.2, 0) is 10.0 Å². The lowest BCUT2D eigenvalue weighted by Gasteiger charge is -2.20. The second-order valence-electron chi connectivity index (χ2n) is 5.41. The van der Waals surface area contributed by atoms with Gasteiger partial charge in [0, 0.05) is 24.7 Å². The molecule has 116 valence electrons. The fourth-order valence-electron chi connectivity index (χ4n) is 2.70. The molecule has 0 spiro atoms. The summed E-state index contributed by atoms with van der Waals surface area (Å²) in [4.78, 5) is 4.85. The van der Waals surface area contributed by atoms with Gasteiger partial charge in [-0.3, -0.25) is 4.40 Å². The maximum absolute atomic E-state index is 13.0. The molecule has 0 radical (unpaired) electrons. The molecule has 2 aromatic rings. The number of rotatable bonds is 3. The maximum Gasteiger partial charge on any atom is 0.262 e. The maximum atomic E-state index is 13.0. The number of imidazole rings is 1. The predicted octanol–water partition coefficient (Wildman–Crippen LogP) is 1.49. The summed E-state index contributed by atoms with van der Waals surface area (Å²) in [6, 6.07) is 0. The second-order valence-corrected chi connectivity index (χ2v) is 8.13. The molecule has 1 unspecified atom stereocenters. The molecule has 1 atom stereocenters. The van der Waals surface area contributed by atoms with Crippen LogP contribution in [0.1, 0.15) is 26.2 Å². The number of nitrogens with two attached hydrogens (primary N) is 1. The molecule has 0 amide bonds. The average molecular weight is 329 g/mol. The van der Waals surface area contributed by atoms with E-state index in [1.165, 1.54) is 11.3 Å². The lowest BCUT2D eigenvalue weighted by Crippen LogP contribution is -2.33. The summed E-state index contributed by atoms with van der Waals surface area (Å²) in [5, 5.41) is 1.95. The molecule has 3 N–H and O–H groups in total. The third-order valence-electron chi connectivity index (χ3n) is 3.91. The van der Waals surface area contributed by atoms with Gasteiger partial charge in [-0.2, -0.15) is 9.29 Å². The van der Waals surface area contributed by atoms with Crippen LogP contribution >= 0.6 is 11.3 Å². The van der Waals surface area contributed by atoms with E-state index in [1.54, 1.807) is 14.9 Å². The summed E-state index contributed by atoms with van der Waals surface area (Å²) in [6.07, 6.45) is 4.54. The van der Waals surface area contributed by atoms with Gasteiger partial charge in [-0.05, 0) is 25.2 Å². The summed E-state index contributed by atoms with van der Waals surface area (Å²) in [5.41, 5.74) is 2.41. The first-order valence-electron chi connectivity index (χ1n) is 6.96. The molecule has 2 aromatic heterocycles. The molecule has 0 bridgehead atoms. The van der Waals surface area contributed by atoms with Gasteiger partial charge in [-0.15, -0.1) is 11.3 Å². The minimum atomic E-state index is -3.61. The zero-order valence-electron chi connectivity index (χ0n) is 11.8. The zero-order chi connectivity index (χ0) is 15.0. The van der Waals surface area contributed by atoms with Crippen molar-refractivity contribution in [2.45, 2.75) is 31.2 Å². The van der Waals surface area contributed by atoms with Crippen LogP contribution < -0.4 is 11.3 Å². The Morgan fingerprint density at radius 2 is 2.24 bits per heavy atom. The Kier molecular flexibility index (Phi) is 3.91. The number of hydrogen-bond donors (Lipinski definition) is 2. The fraction of sp³-hybridized carbons (Fsp3) is 0.583. The quantitative estimate of drug-likeness (QED) is 0.657. The third kappa shape index (κ3) is 2.54. The minimum absolute atomic E-state index is 0.135. The Bertz CT molecular complexity index is 736. The molecule has 3 rings (SSSR count). The van der Waals surface area contributed by atoms with Crippen LogP contribution in [-0.4, -0.2) is 35.2 Å². The number of nitrogens with zero attached hydrogens (tertiary/aromatic N) is 3. The number of thiazole rings is 1. The van der Waals surface area contributed by atoms with Crippen molar-refractivity contribution in [3.05, 3.63) is 11.6 Å². The molecular formula is C12H19N5O2S2. The molecule has 1 saturated heterocycles. The fourth-order valence-corrected chi connectivity index (χ4v) is 5.18. The van der Waals surface area contributed by atoms with E-state index in [-0.39, 0.29) is 10.8 Å². The number of anilines is 1. The van der Waals surface area contributed by atoms with E-state index < -0.39 is 10.0 Å². The molecule has 0 saturated carbocycles. The van der Waals surface area contributed by atoms with Crippen LogP contribution in [0.15, 0.2) is 16.6 Å². The zero-order valence-corrected chi connectivity index (χ0v) is 13.5. The standard InChI is InChI=1S/C12H19N5O2S2/c1-9-3-2-5-16(6-4-9)21(18,19)11-10(15-13)14-12-17(11)7-8-20-12/h7-9,15H,2-6,13H2,1H3. The number of sulfonamides is 1. The number of nitrogen functional groups attached to an aromatic ring is 1. The van der Waals surface area contributed by atoms with E-state index in [9.17, 15) is 8.42 Å². The topological polar surface area (TPSA) is 92.7 Å². The second kappa shape index (κ2) is 5.56. The van der Waals surface area contributed by atoms with Gasteiger partial charge >= 0.3 is 0 Å².